The number of aromatic nitrogens is 2. The number of aromatic hydroxyl groups is 1. The molecule has 2 N–H and O–H groups in total. The molecular formula is C14H18N2O2. The predicted molar refractivity (Wildman–Crippen MR) is 70.9 cm³/mol. The quantitative estimate of drug-likeness (QED) is 0.870. The number of hydrogen-bond acceptors (Lipinski definition) is 3. The zero-order valence-corrected chi connectivity index (χ0v) is 10.9. The predicted octanol–water partition coefficient (Wildman–Crippen LogP) is 3.30. The van der Waals surface area contributed by atoms with Crippen LogP contribution in [0.15, 0.2) is 24.3 Å². The Bertz CT molecular complexity index is 532. The van der Waals surface area contributed by atoms with Gasteiger partial charge in [-0.3, -0.25) is 0 Å². The van der Waals surface area contributed by atoms with Crippen LogP contribution >= 0.6 is 0 Å². The number of H-pyrrole nitrogens is 1. The van der Waals surface area contributed by atoms with Crippen molar-refractivity contribution in [2.75, 3.05) is 6.61 Å². The molecule has 4 heteroatoms. The average Bonchev–Trinajstić information content (AvgIpc) is 2.72. The summed E-state index contributed by atoms with van der Waals surface area (Å²) in [5.74, 6) is 1.75. The van der Waals surface area contributed by atoms with E-state index in [1.54, 1.807) is 0 Å². The molecule has 2 rings (SSSR count). The standard InChI is InChI=1S/C14H18N2O2/c1-4-18-11-7-5-6-10(8-11)13-15-12(9(2)3)14(17)16-13/h5-9,17H,4H2,1-3H3,(H,15,16). The van der Waals surface area contributed by atoms with Gasteiger partial charge < -0.3 is 14.8 Å². The maximum Gasteiger partial charge on any atom is 0.233 e. The van der Waals surface area contributed by atoms with Gasteiger partial charge in [0.1, 0.15) is 11.6 Å². The molecule has 96 valence electrons. The highest BCUT2D eigenvalue weighted by Gasteiger charge is 2.13. The summed E-state index contributed by atoms with van der Waals surface area (Å²) in [6.45, 7) is 6.59. The highest BCUT2D eigenvalue weighted by atomic mass is 16.5. The summed E-state index contributed by atoms with van der Waals surface area (Å²) in [5.41, 5.74) is 1.66. The fraction of sp³-hybridized carbons (Fsp3) is 0.357. The molecule has 0 saturated carbocycles. The molecule has 4 nitrogen and oxygen atoms in total. The fourth-order valence-corrected chi connectivity index (χ4v) is 1.82. The molecule has 18 heavy (non-hydrogen) atoms. The lowest BCUT2D eigenvalue weighted by atomic mass is 10.1. The van der Waals surface area contributed by atoms with E-state index in [-0.39, 0.29) is 11.8 Å². The van der Waals surface area contributed by atoms with Gasteiger partial charge in [-0.1, -0.05) is 26.0 Å². The van der Waals surface area contributed by atoms with E-state index in [4.69, 9.17) is 4.74 Å². The number of benzene rings is 1. The molecule has 0 saturated heterocycles. The van der Waals surface area contributed by atoms with Crippen LogP contribution in [0.2, 0.25) is 0 Å². The summed E-state index contributed by atoms with van der Waals surface area (Å²) in [6.07, 6.45) is 0. The Kier molecular flexibility index (Phi) is 3.55. The van der Waals surface area contributed by atoms with Gasteiger partial charge in [-0.2, -0.15) is 4.98 Å². The van der Waals surface area contributed by atoms with Crippen molar-refractivity contribution in [2.45, 2.75) is 26.7 Å². The number of nitrogens with one attached hydrogen (secondary N) is 1. The molecule has 0 aliphatic carbocycles. The molecule has 1 aromatic heterocycles. The smallest absolute Gasteiger partial charge is 0.233 e. The molecule has 1 heterocycles. The van der Waals surface area contributed by atoms with E-state index in [1.807, 2.05) is 45.0 Å². The first-order valence-electron chi connectivity index (χ1n) is 6.14. The minimum atomic E-state index is 0.0711. The molecule has 0 bridgehead atoms. The SMILES string of the molecule is CCOc1cccc(-c2nc(O)c(C(C)C)[nH]2)c1. The van der Waals surface area contributed by atoms with Gasteiger partial charge in [0.05, 0.1) is 12.3 Å². The van der Waals surface area contributed by atoms with Crippen LogP contribution in [-0.4, -0.2) is 21.7 Å². The number of nitrogens with zero attached hydrogens (tertiary/aromatic N) is 1. The average molecular weight is 246 g/mol. The van der Waals surface area contributed by atoms with Gasteiger partial charge in [0.25, 0.3) is 0 Å². The lowest BCUT2D eigenvalue weighted by Gasteiger charge is -2.04. The largest absolute Gasteiger partial charge is 0.494 e. The fourth-order valence-electron chi connectivity index (χ4n) is 1.82. The van der Waals surface area contributed by atoms with Crippen LogP contribution in [0.1, 0.15) is 32.4 Å². The van der Waals surface area contributed by atoms with Crippen LogP contribution < -0.4 is 4.74 Å². The van der Waals surface area contributed by atoms with Crippen LogP contribution in [0.5, 0.6) is 11.6 Å². The second kappa shape index (κ2) is 5.12. The second-order valence-corrected chi connectivity index (χ2v) is 4.44. The molecule has 0 radical (unpaired) electrons. The van der Waals surface area contributed by atoms with E-state index >= 15 is 0 Å². The van der Waals surface area contributed by atoms with Gasteiger partial charge in [-0.05, 0) is 25.0 Å². The summed E-state index contributed by atoms with van der Waals surface area (Å²) in [4.78, 5) is 7.30. The molecule has 0 aliphatic heterocycles. The van der Waals surface area contributed by atoms with Gasteiger partial charge in [0.2, 0.25) is 5.88 Å². The molecule has 2 aromatic rings. The third-order valence-corrected chi connectivity index (χ3v) is 2.71. The first kappa shape index (κ1) is 12.5. The Morgan fingerprint density at radius 3 is 2.78 bits per heavy atom. The van der Waals surface area contributed by atoms with Crippen molar-refractivity contribution in [1.29, 1.82) is 0 Å². The highest BCUT2D eigenvalue weighted by Crippen LogP contribution is 2.28. The summed E-state index contributed by atoms with van der Waals surface area (Å²) >= 11 is 0. The lowest BCUT2D eigenvalue weighted by molar-refractivity contribution is 0.340. The van der Waals surface area contributed by atoms with Gasteiger partial charge in [-0.15, -0.1) is 0 Å². The molecule has 0 unspecified atom stereocenters. The van der Waals surface area contributed by atoms with Gasteiger partial charge >= 0.3 is 0 Å². The molecule has 0 spiro atoms. The van der Waals surface area contributed by atoms with Crippen LogP contribution in [0.3, 0.4) is 0 Å². The Labute approximate surface area is 107 Å². The van der Waals surface area contributed by atoms with Crippen molar-refractivity contribution in [2.24, 2.45) is 0 Å². The van der Waals surface area contributed by atoms with Crippen molar-refractivity contribution >= 4 is 0 Å². The number of imidazole rings is 1. The van der Waals surface area contributed by atoms with E-state index in [9.17, 15) is 5.11 Å². The molecule has 0 atom stereocenters. The second-order valence-electron chi connectivity index (χ2n) is 4.44. The minimum Gasteiger partial charge on any atom is -0.494 e. The first-order valence-corrected chi connectivity index (χ1v) is 6.14. The summed E-state index contributed by atoms with van der Waals surface area (Å²) in [6, 6.07) is 7.66. The van der Waals surface area contributed by atoms with Crippen LogP contribution in [0, 0.1) is 0 Å². The summed E-state index contributed by atoms with van der Waals surface area (Å²) in [7, 11) is 0. The van der Waals surface area contributed by atoms with E-state index in [2.05, 4.69) is 9.97 Å². The molecule has 1 aromatic carbocycles. The third-order valence-electron chi connectivity index (χ3n) is 2.71. The van der Waals surface area contributed by atoms with E-state index < -0.39 is 0 Å². The Balaban J connectivity index is 2.36. The van der Waals surface area contributed by atoms with E-state index in [0.29, 0.717) is 12.4 Å². The van der Waals surface area contributed by atoms with Crippen LogP contribution in [0.4, 0.5) is 0 Å². The van der Waals surface area contributed by atoms with Crippen molar-refractivity contribution in [1.82, 2.24) is 9.97 Å². The topological polar surface area (TPSA) is 58.1 Å². The van der Waals surface area contributed by atoms with Gasteiger partial charge in [0, 0.05) is 5.56 Å². The third kappa shape index (κ3) is 2.47. The van der Waals surface area contributed by atoms with Gasteiger partial charge in [0.15, 0.2) is 0 Å². The van der Waals surface area contributed by atoms with Crippen molar-refractivity contribution in [3.8, 4) is 23.0 Å². The molecule has 0 fully saturated rings. The first-order chi connectivity index (χ1) is 8.61. The monoisotopic (exact) mass is 246 g/mol. The zero-order chi connectivity index (χ0) is 13.1. The van der Waals surface area contributed by atoms with E-state index in [0.717, 1.165) is 17.0 Å². The highest BCUT2D eigenvalue weighted by molar-refractivity contribution is 5.59. The zero-order valence-electron chi connectivity index (χ0n) is 10.9. The van der Waals surface area contributed by atoms with Crippen LogP contribution in [0.25, 0.3) is 11.4 Å². The summed E-state index contributed by atoms with van der Waals surface area (Å²) in [5, 5.41) is 9.76. The molecular weight excluding hydrogens is 228 g/mol. The molecule has 0 aliphatic rings. The number of hydrogen-bond donors (Lipinski definition) is 2. The minimum absolute atomic E-state index is 0.0711. The Morgan fingerprint density at radius 1 is 1.39 bits per heavy atom. The van der Waals surface area contributed by atoms with Crippen molar-refractivity contribution in [3.63, 3.8) is 0 Å². The summed E-state index contributed by atoms with van der Waals surface area (Å²) < 4.78 is 5.45. The van der Waals surface area contributed by atoms with Crippen molar-refractivity contribution < 1.29 is 9.84 Å². The number of rotatable bonds is 4. The molecule has 0 amide bonds. The Hall–Kier alpha value is -1.97. The lowest BCUT2D eigenvalue weighted by Crippen LogP contribution is -1.92. The number of aromatic amines is 1. The Morgan fingerprint density at radius 2 is 2.17 bits per heavy atom. The maximum absolute atomic E-state index is 9.76. The van der Waals surface area contributed by atoms with Gasteiger partial charge in [-0.25, -0.2) is 0 Å². The normalized spacial score (nSPS) is 10.9. The maximum atomic E-state index is 9.76. The van der Waals surface area contributed by atoms with Crippen molar-refractivity contribution in [3.05, 3.63) is 30.0 Å². The van der Waals surface area contributed by atoms with Crippen LogP contribution in [-0.2, 0) is 0 Å². The van der Waals surface area contributed by atoms with E-state index in [1.165, 1.54) is 0 Å². The number of ether oxygens (including phenoxy) is 1.